The van der Waals surface area contributed by atoms with Gasteiger partial charge in [-0.1, -0.05) is 36.4 Å². The lowest BCUT2D eigenvalue weighted by atomic mass is 10.2. The predicted molar refractivity (Wildman–Crippen MR) is 99.6 cm³/mol. The number of anilines is 1. The second-order valence-corrected chi connectivity index (χ2v) is 5.49. The molecule has 2 aromatic carbocycles. The van der Waals surface area contributed by atoms with Gasteiger partial charge in [-0.2, -0.15) is 0 Å². The highest BCUT2D eigenvalue weighted by Crippen LogP contribution is 2.25. The zero-order chi connectivity index (χ0) is 16.8. The van der Waals surface area contributed by atoms with Crippen LogP contribution in [-0.4, -0.2) is 17.1 Å². The second-order valence-electron chi connectivity index (χ2n) is 5.00. The third kappa shape index (κ3) is 3.88. The number of thiol groups is 1. The van der Waals surface area contributed by atoms with Crippen LogP contribution >= 0.6 is 12.6 Å². The Kier molecular flexibility index (Phi) is 5.03. The number of benzene rings is 2. The number of hydrogen-bond acceptors (Lipinski definition) is 4. The highest BCUT2D eigenvalue weighted by Gasteiger charge is 2.09. The molecule has 0 fully saturated rings. The summed E-state index contributed by atoms with van der Waals surface area (Å²) in [6.07, 6.45) is 3.32. The van der Waals surface area contributed by atoms with Crippen LogP contribution in [0.4, 0.5) is 11.4 Å². The minimum atomic E-state index is -0.271. The molecule has 3 aromatic rings. The van der Waals surface area contributed by atoms with Crippen LogP contribution < -0.4 is 5.32 Å². The topological polar surface area (TPSA) is 54.4 Å². The van der Waals surface area contributed by atoms with Crippen molar-refractivity contribution in [3.8, 4) is 0 Å². The van der Waals surface area contributed by atoms with E-state index in [1.165, 1.54) is 0 Å². The largest absolute Gasteiger partial charge is 0.319 e. The molecule has 0 aliphatic carbocycles. The Morgan fingerprint density at radius 3 is 2.54 bits per heavy atom. The zero-order valence-corrected chi connectivity index (χ0v) is 13.6. The monoisotopic (exact) mass is 333 g/mol. The lowest BCUT2D eigenvalue weighted by molar-refractivity contribution is 0.102. The highest BCUT2D eigenvalue weighted by molar-refractivity contribution is 7.80. The first-order chi connectivity index (χ1) is 11.7. The molecule has 5 heteroatoms. The van der Waals surface area contributed by atoms with Gasteiger partial charge in [0, 0.05) is 22.9 Å². The summed E-state index contributed by atoms with van der Waals surface area (Å²) in [6.45, 7) is 0. The summed E-state index contributed by atoms with van der Waals surface area (Å²) >= 11 is 4.40. The summed E-state index contributed by atoms with van der Waals surface area (Å²) in [5, 5.41) is 2.84. The third-order valence-corrected chi connectivity index (χ3v) is 3.74. The quantitative estimate of drug-likeness (QED) is 0.550. The average Bonchev–Trinajstić information content (AvgIpc) is 2.63. The van der Waals surface area contributed by atoms with E-state index in [9.17, 15) is 4.79 Å². The minimum absolute atomic E-state index is 0.271. The van der Waals surface area contributed by atoms with Gasteiger partial charge in [-0.15, -0.1) is 12.6 Å². The number of para-hydroxylation sites is 2. The summed E-state index contributed by atoms with van der Waals surface area (Å²) in [5.41, 5.74) is 2.56. The Balaban J connectivity index is 1.83. The van der Waals surface area contributed by atoms with E-state index in [1.54, 1.807) is 36.7 Å². The number of nitrogens with zero attached hydrogens (tertiary/aromatic N) is 2. The lowest BCUT2D eigenvalue weighted by Crippen LogP contribution is -2.13. The fourth-order valence-electron chi connectivity index (χ4n) is 2.11. The van der Waals surface area contributed by atoms with E-state index in [2.05, 4.69) is 27.9 Å². The fourth-order valence-corrected chi connectivity index (χ4v) is 2.33. The number of carbonyl (C=O) groups is 1. The van der Waals surface area contributed by atoms with Gasteiger partial charge in [0.25, 0.3) is 5.91 Å². The van der Waals surface area contributed by atoms with Gasteiger partial charge in [-0.25, -0.2) is 0 Å². The van der Waals surface area contributed by atoms with E-state index >= 15 is 0 Å². The van der Waals surface area contributed by atoms with Crippen molar-refractivity contribution in [2.24, 2.45) is 4.99 Å². The van der Waals surface area contributed by atoms with Crippen molar-refractivity contribution in [3.05, 3.63) is 84.2 Å². The number of aromatic nitrogens is 1. The third-order valence-electron chi connectivity index (χ3n) is 3.33. The number of hydrogen-bond donors (Lipinski definition) is 2. The number of amides is 1. The van der Waals surface area contributed by atoms with Crippen molar-refractivity contribution in [2.45, 2.75) is 4.90 Å². The van der Waals surface area contributed by atoms with E-state index < -0.39 is 0 Å². The molecule has 0 saturated heterocycles. The molecule has 0 atom stereocenters. The van der Waals surface area contributed by atoms with E-state index in [0.29, 0.717) is 17.1 Å². The Morgan fingerprint density at radius 2 is 1.75 bits per heavy atom. The smallest absolute Gasteiger partial charge is 0.274 e. The fraction of sp³-hybridized carbons (Fsp3) is 0. The maximum Gasteiger partial charge on any atom is 0.274 e. The van der Waals surface area contributed by atoms with Gasteiger partial charge in [0.1, 0.15) is 5.69 Å². The number of nitrogens with one attached hydrogen (secondary N) is 1. The van der Waals surface area contributed by atoms with E-state index in [4.69, 9.17) is 0 Å². The van der Waals surface area contributed by atoms with Gasteiger partial charge < -0.3 is 5.32 Å². The lowest BCUT2D eigenvalue weighted by Gasteiger charge is -2.07. The van der Waals surface area contributed by atoms with Crippen molar-refractivity contribution in [2.75, 3.05) is 5.32 Å². The molecule has 1 heterocycles. The SMILES string of the molecule is O=C(Nc1ccccc1N=Cc1ccccc1S)c1ccccn1. The number of rotatable bonds is 4. The van der Waals surface area contributed by atoms with E-state index in [-0.39, 0.29) is 5.91 Å². The Bertz CT molecular complexity index is 879. The molecule has 4 nitrogen and oxygen atoms in total. The van der Waals surface area contributed by atoms with Crippen molar-refractivity contribution < 1.29 is 4.79 Å². The second kappa shape index (κ2) is 7.57. The van der Waals surface area contributed by atoms with Crippen molar-refractivity contribution in [1.82, 2.24) is 4.98 Å². The maximum absolute atomic E-state index is 12.3. The molecule has 1 aromatic heterocycles. The van der Waals surface area contributed by atoms with Crippen LogP contribution in [0.5, 0.6) is 0 Å². The molecule has 0 unspecified atom stereocenters. The van der Waals surface area contributed by atoms with Gasteiger partial charge in [-0.3, -0.25) is 14.8 Å². The Morgan fingerprint density at radius 1 is 1.00 bits per heavy atom. The minimum Gasteiger partial charge on any atom is -0.319 e. The molecule has 0 spiro atoms. The highest BCUT2D eigenvalue weighted by atomic mass is 32.1. The summed E-state index contributed by atoms with van der Waals surface area (Å²) in [7, 11) is 0. The average molecular weight is 333 g/mol. The molecule has 118 valence electrons. The standard InChI is InChI=1S/C19H15N3OS/c23-19(17-10-5-6-12-20-17)22-16-9-3-2-8-15(16)21-13-14-7-1-4-11-18(14)24/h1-13,24H,(H,22,23). The summed E-state index contributed by atoms with van der Waals surface area (Å²) in [6, 6.07) is 20.2. The van der Waals surface area contributed by atoms with Gasteiger partial charge in [0.2, 0.25) is 0 Å². The predicted octanol–water partition coefficient (Wildman–Crippen LogP) is 4.37. The normalized spacial score (nSPS) is 10.7. The molecule has 0 saturated carbocycles. The van der Waals surface area contributed by atoms with Crippen LogP contribution in [0.1, 0.15) is 16.1 Å². The Labute approximate surface area is 145 Å². The number of carbonyl (C=O) groups excluding carboxylic acids is 1. The van der Waals surface area contributed by atoms with E-state index in [0.717, 1.165) is 10.5 Å². The molecule has 0 aliphatic heterocycles. The van der Waals surface area contributed by atoms with Gasteiger partial charge in [0.05, 0.1) is 11.4 Å². The van der Waals surface area contributed by atoms with Crippen LogP contribution in [0.15, 0.2) is 82.8 Å². The first-order valence-corrected chi connectivity index (χ1v) is 7.82. The van der Waals surface area contributed by atoms with Gasteiger partial charge in [0.15, 0.2) is 0 Å². The molecule has 0 bridgehead atoms. The van der Waals surface area contributed by atoms with Crippen LogP contribution in [0.3, 0.4) is 0 Å². The summed E-state index contributed by atoms with van der Waals surface area (Å²) < 4.78 is 0. The molecular weight excluding hydrogens is 318 g/mol. The molecule has 1 N–H and O–H groups in total. The van der Waals surface area contributed by atoms with Crippen LogP contribution in [0.2, 0.25) is 0 Å². The molecule has 0 radical (unpaired) electrons. The first kappa shape index (κ1) is 16.0. The molecular formula is C19H15N3OS. The van der Waals surface area contributed by atoms with Crippen molar-refractivity contribution in [1.29, 1.82) is 0 Å². The first-order valence-electron chi connectivity index (χ1n) is 7.37. The van der Waals surface area contributed by atoms with Crippen LogP contribution in [-0.2, 0) is 0 Å². The van der Waals surface area contributed by atoms with Crippen molar-refractivity contribution in [3.63, 3.8) is 0 Å². The molecule has 0 aliphatic rings. The Hall–Kier alpha value is -2.92. The number of aliphatic imine (C=N–C) groups is 1. The van der Waals surface area contributed by atoms with Gasteiger partial charge >= 0.3 is 0 Å². The van der Waals surface area contributed by atoms with Gasteiger partial charge in [-0.05, 0) is 30.3 Å². The number of pyridine rings is 1. The zero-order valence-electron chi connectivity index (χ0n) is 12.8. The molecule has 3 rings (SSSR count). The summed E-state index contributed by atoms with van der Waals surface area (Å²) in [5.74, 6) is -0.271. The summed E-state index contributed by atoms with van der Waals surface area (Å²) in [4.78, 5) is 21.6. The molecule has 1 amide bonds. The van der Waals surface area contributed by atoms with Crippen LogP contribution in [0.25, 0.3) is 0 Å². The molecule has 24 heavy (non-hydrogen) atoms. The maximum atomic E-state index is 12.3. The van der Waals surface area contributed by atoms with Crippen LogP contribution in [0, 0.1) is 0 Å². The van der Waals surface area contributed by atoms with Crippen molar-refractivity contribution >= 4 is 36.1 Å². The van der Waals surface area contributed by atoms with E-state index in [1.807, 2.05) is 42.5 Å².